The summed E-state index contributed by atoms with van der Waals surface area (Å²) in [6, 6.07) is 4.43. The fourth-order valence-electron chi connectivity index (χ4n) is 2.93. The average molecular weight is 393 g/mol. The van der Waals surface area contributed by atoms with E-state index >= 15 is 0 Å². The lowest BCUT2D eigenvalue weighted by atomic mass is 10.2. The third-order valence-electron chi connectivity index (χ3n) is 4.37. The van der Waals surface area contributed by atoms with Gasteiger partial charge in [0.15, 0.2) is 5.82 Å². The zero-order chi connectivity index (χ0) is 18.5. The van der Waals surface area contributed by atoms with Gasteiger partial charge in [0, 0.05) is 24.3 Å². The van der Waals surface area contributed by atoms with E-state index in [1.165, 1.54) is 16.2 Å². The smallest absolute Gasteiger partial charge is 0.234 e. The average Bonchev–Trinajstić information content (AvgIpc) is 3.36. The lowest BCUT2D eigenvalue weighted by molar-refractivity contribution is -0.121. The lowest BCUT2D eigenvalue weighted by Gasteiger charge is -2.29. The molecule has 0 aliphatic heterocycles. The summed E-state index contributed by atoms with van der Waals surface area (Å²) < 4.78 is 1.73. The van der Waals surface area contributed by atoms with Crippen LogP contribution in [0.4, 0.5) is 0 Å². The Labute approximate surface area is 161 Å². The molecule has 3 aromatic rings. The van der Waals surface area contributed by atoms with Gasteiger partial charge >= 0.3 is 0 Å². The molecule has 0 spiro atoms. The zero-order valence-electron chi connectivity index (χ0n) is 15.3. The summed E-state index contributed by atoms with van der Waals surface area (Å²) in [7, 11) is 0. The molecule has 1 atom stereocenters. The highest BCUT2D eigenvalue weighted by Gasteiger charge is 2.20. The molecule has 0 bridgehead atoms. The van der Waals surface area contributed by atoms with Crippen LogP contribution in [0.15, 0.2) is 17.5 Å². The lowest BCUT2D eigenvalue weighted by Crippen LogP contribution is -2.37. The van der Waals surface area contributed by atoms with Crippen LogP contribution in [0.3, 0.4) is 0 Å². The van der Waals surface area contributed by atoms with Crippen molar-refractivity contribution in [2.24, 2.45) is 0 Å². The number of fused-ring (bicyclic) bond motifs is 1. The van der Waals surface area contributed by atoms with Crippen molar-refractivity contribution in [3.05, 3.63) is 33.2 Å². The molecule has 140 valence electrons. The standard InChI is InChI=1S/C17H24N6OS2/c1-4-22(5-2)13(14-7-6-10-25-14)11-18-15(24)8-9-16-21-23-12(3)19-20-17(23)26-16/h6-7,10,13H,4-5,8-9,11H2,1-3H3,(H,18,24). The highest BCUT2D eigenvalue weighted by molar-refractivity contribution is 7.16. The van der Waals surface area contributed by atoms with E-state index in [-0.39, 0.29) is 11.9 Å². The molecule has 0 aromatic carbocycles. The third-order valence-corrected chi connectivity index (χ3v) is 6.30. The second-order valence-corrected chi connectivity index (χ2v) is 8.01. The number of aryl methyl sites for hydroxylation is 2. The Morgan fingerprint density at radius 1 is 1.35 bits per heavy atom. The third kappa shape index (κ3) is 4.28. The number of thiophene rings is 1. The molecular weight excluding hydrogens is 368 g/mol. The summed E-state index contributed by atoms with van der Waals surface area (Å²) in [5.41, 5.74) is 0. The first-order valence-electron chi connectivity index (χ1n) is 8.84. The Kier molecular flexibility index (Phi) is 6.33. The van der Waals surface area contributed by atoms with Crippen molar-refractivity contribution in [1.29, 1.82) is 0 Å². The quantitative estimate of drug-likeness (QED) is 0.606. The van der Waals surface area contributed by atoms with Crippen LogP contribution in [0.2, 0.25) is 0 Å². The molecule has 1 unspecified atom stereocenters. The molecule has 3 aromatic heterocycles. The number of amides is 1. The van der Waals surface area contributed by atoms with Gasteiger partial charge in [0.05, 0.1) is 6.04 Å². The Hall–Kier alpha value is -1.84. The van der Waals surface area contributed by atoms with Crippen LogP contribution in [0.5, 0.6) is 0 Å². The minimum Gasteiger partial charge on any atom is -0.354 e. The van der Waals surface area contributed by atoms with Crippen molar-refractivity contribution in [2.75, 3.05) is 19.6 Å². The Morgan fingerprint density at radius 2 is 2.15 bits per heavy atom. The van der Waals surface area contributed by atoms with Crippen molar-refractivity contribution in [3.8, 4) is 0 Å². The Bertz CT molecular complexity index is 837. The predicted octanol–water partition coefficient (Wildman–Crippen LogP) is 2.69. The highest BCUT2D eigenvalue weighted by Crippen LogP contribution is 2.24. The van der Waals surface area contributed by atoms with E-state index in [1.54, 1.807) is 15.9 Å². The largest absolute Gasteiger partial charge is 0.354 e. The molecule has 0 aliphatic carbocycles. The molecule has 1 N–H and O–H groups in total. The van der Waals surface area contributed by atoms with E-state index in [0.29, 0.717) is 19.4 Å². The fraction of sp³-hybridized carbons (Fsp3) is 0.529. The summed E-state index contributed by atoms with van der Waals surface area (Å²) in [5, 5.41) is 18.6. The van der Waals surface area contributed by atoms with Crippen molar-refractivity contribution in [3.63, 3.8) is 0 Å². The van der Waals surface area contributed by atoms with Gasteiger partial charge in [0.1, 0.15) is 5.01 Å². The summed E-state index contributed by atoms with van der Waals surface area (Å²) in [5.74, 6) is 0.825. The second-order valence-electron chi connectivity index (χ2n) is 5.99. The highest BCUT2D eigenvalue weighted by atomic mass is 32.1. The van der Waals surface area contributed by atoms with Gasteiger partial charge < -0.3 is 5.32 Å². The molecule has 1 amide bonds. The van der Waals surface area contributed by atoms with E-state index in [2.05, 4.69) is 56.9 Å². The summed E-state index contributed by atoms with van der Waals surface area (Å²) in [6.07, 6.45) is 1.05. The van der Waals surface area contributed by atoms with Gasteiger partial charge in [0.25, 0.3) is 0 Å². The molecule has 0 aliphatic rings. The predicted molar refractivity (Wildman–Crippen MR) is 105 cm³/mol. The number of likely N-dealkylation sites (N-methyl/N-ethyl adjacent to an activating group) is 1. The fourth-order valence-corrected chi connectivity index (χ4v) is 4.67. The minimum absolute atomic E-state index is 0.0569. The number of nitrogens with one attached hydrogen (secondary N) is 1. The maximum atomic E-state index is 12.3. The monoisotopic (exact) mass is 392 g/mol. The topological polar surface area (TPSA) is 75.4 Å². The van der Waals surface area contributed by atoms with Crippen molar-refractivity contribution in [1.82, 2.24) is 30.0 Å². The van der Waals surface area contributed by atoms with E-state index in [4.69, 9.17) is 0 Å². The molecule has 0 fully saturated rings. The molecule has 9 heteroatoms. The van der Waals surface area contributed by atoms with E-state index in [1.807, 2.05) is 6.92 Å². The number of carbonyl (C=O) groups is 1. The van der Waals surface area contributed by atoms with Gasteiger partial charge in [-0.25, -0.2) is 0 Å². The van der Waals surface area contributed by atoms with E-state index in [9.17, 15) is 4.79 Å². The van der Waals surface area contributed by atoms with Gasteiger partial charge in [-0.15, -0.1) is 21.5 Å². The first-order valence-corrected chi connectivity index (χ1v) is 10.5. The van der Waals surface area contributed by atoms with Crippen LogP contribution in [-0.4, -0.2) is 50.3 Å². The minimum atomic E-state index is 0.0569. The Morgan fingerprint density at radius 3 is 2.81 bits per heavy atom. The molecule has 0 saturated heterocycles. The molecule has 0 radical (unpaired) electrons. The van der Waals surface area contributed by atoms with Crippen LogP contribution >= 0.6 is 22.7 Å². The zero-order valence-corrected chi connectivity index (χ0v) is 16.9. The summed E-state index contributed by atoms with van der Waals surface area (Å²) >= 11 is 3.23. The maximum Gasteiger partial charge on any atom is 0.234 e. The Balaban J connectivity index is 1.54. The maximum absolute atomic E-state index is 12.3. The van der Waals surface area contributed by atoms with E-state index in [0.717, 1.165) is 28.9 Å². The number of hydrogen-bond acceptors (Lipinski definition) is 7. The number of rotatable bonds is 9. The van der Waals surface area contributed by atoms with Crippen LogP contribution in [-0.2, 0) is 11.2 Å². The molecular formula is C17H24N6OS2. The first-order chi connectivity index (χ1) is 12.6. The number of hydrogen-bond donors (Lipinski definition) is 1. The van der Waals surface area contributed by atoms with Crippen LogP contribution < -0.4 is 5.32 Å². The molecule has 3 heterocycles. The first kappa shape index (κ1) is 18.9. The van der Waals surface area contributed by atoms with Gasteiger partial charge in [-0.1, -0.05) is 31.3 Å². The number of aromatic nitrogens is 4. The van der Waals surface area contributed by atoms with Gasteiger partial charge in [-0.05, 0) is 31.5 Å². The van der Waals surface area contributed by atoms with Crippen molar-refractivity contribution in [2.45, 2.75) is 39.7 Å². The number of carbonyl (C=O) groups excluding carboxylic acids is 1. The van der Waals surface area contributed by atoms with Gasteiger partial charge in [-0.3, -0.25) is 9.69 Å². The van der Waals surface area contributed by atoms with Gasteiger partial charge in [-0.2, -0.15) is 9.61 Å². The van der Waals surface area contributed by atoms with Crippen LogP contribution in [0.1, 0.15) is 42.0 Å². The molecule has 7 nitrogen and oxygen atoms in total. The number of nitrogens with zero attached hydrogens (tertiary/aromatic N) is 5. The SMILES string of the molecule is CCN(CC)C(CNC(=O)CCc1nn2c(C)nnc2s1)c1cccs1. The molecule has 0 saturated carbocycles. The van der Waals surface area contributed by atoms with Gasteiger partial charge in [0.2, 0.25) is 10.9 Å². The molecule has 3 rings (SSSR count). The van der Waals surface area contributed by atoms with Crippen LogP contribution in [0.25, 0.3) is 4.96 Å². The van der Waals surface area contributed by atoms with Crippen molar-refractivity contribution < 1.29 is 4.79 Å². The molecule has 26 heavy (non-hydrogen) atoms. The van der Waals surface area contributed by atoms with Crippen LogP contribution in [0, 0.1) is 6.92 Å². The summed E-state index contributed by atoms with van der Waals surface area (Å²) in [6.45, 7) is 8.73. The normalized spacial score (nSPS) is 12.8. The summed E-state index contributed by atoms with van der Waals surface area (Å²) in [4.78, 5) is 16.8. The van der Waals surface area contributed by atoms with E-state index < -0.39 is 0 Å². The van der Waals surface area contributed by atoms with Crippen molar-refractivity contribution >= 4 is 33.5 Å². The second kappa shape index (κ2) is 8.70.